The molecule has 2 N–H and O–H groups in total. The number of carboxylic acid groups (broad SMARTS) is 1. The zero-order chi connectivity index (χ0) is 18.1. The van der Waals surface area contributed by atoms with Crippen molar-refractivity contribution in [2.75, 3.05) is 13.1 Å². The SMILES string of the molecule is CCN(Cc1cccc(-c2ccncc2)c1)C(=O)NCCCC(=O)O. The van der Waals surface area contributed by atoms with E-state index in [9.17, 15) is 9.59 Å². The van der Waals surface area contributed by atoms with E-state index >= 15 is 0 Å². The lowest BCUT2D eigenvalue weighted by Gasteiger charge is -2.22. The van der Waals surface area contributed by atoms with Crippen molar-refractivity contribution >= 4 is 12.0 Å². The van der Waals surface area contributed by atoms with Gasteiger partial charge in [0.05, 0.1) is 0 Å². The molecule has 0 fully saturated rings. The molecule has 0 spiro atoms. The van der Waals surface area contributed by atoms with Crippen LogP contribution in [0.25, 0.3) is 11.1 Å². The van der Waals surface area contributed by atoms with Gasteiger partial charge in [-0.05, 0) is 48.2 Å². The van der Waals surface area contributed by atoms with E-state index in [1.54, 1.807) is 17.3 Å². The van der Waals surface area contributed by atoms with Crippen molar-refractivity contribution in [1.82, 2.24) is 15.2 Å². The van der Waals surface area contributed by atoms with Crippen LogP contribution < -0.4 is 5.32 Å². The Kier molecular flexibility index (Phi) is 6.95. The zero-order valence-electron chi connectivity index (χ0n) is 14.3. The first-order valence-electron chi connectivity index (χ1n) is 8.34. The summed E-state index contributed by atoms with van der Waals surface area (Å²) in [5, 5.41) is 11.4. The van der Waals surface area contributed by atoms with E-state index in [4.69, 9.17) is 5.11 Å². The van der Waals surface area contributed by atoms with Crippen LogP contribution in [0.4, 0.5) is 4.79 Å². The molecule has 0 aliphatic heterocycles. The first-order valence-corrected chi connectivity index (χ1v) is 8.34. The fourth-order valence-electron chi connectivity index (χ4n) is 2.49. The summed E-state index contributed by atoms with van der Waals surface area (Å²) in [6.45, 7) is 3.35. The lowest BCUT2D eigenvalue weighted by Crippen LogP contribution is -2.39. The fraction of sp³-hybridized carbons (Fsp3) is 0.316. The van der Waals surface area contributed by atoms with E-state index in [0.717, 1.165) is 16.7 Å². The highest BCUT2D eigenvalue weighted by Gasteiger charge is 2.12. The number of benzene rings is 1. The van der Waals surface area contributed by atoms with Crippen molar-refractivity contribution in [2.24, 2.45) is 0 Å². The highest BCUT2D eigenvalue weighted by atomic mass is 16.4. The minimum atomic E-state index is -0.852. The lowest BCUT2D eigenvalue weighted by molar-refractivity contribution is -0.137. The topological polar surface area (TPSA) is 82.5 Å². The summed E-state index contributed by atoms with van der Waals surface area (Å²) in [7, 11) is 0. The number of carboxylic acids is 1. The van der Waals surface area contributed by atoms with Crippen molar-refractivity contribution in [1.29, 1.82) is 0 Å². The van der Waals surface area contributed by atoms with Gasteiger partial charge in [-0.2, -0.15) is 0 Å². The van der Waals surface area contributed by atoms with E-state index in [2.05, 4.69) is 16.4 Å². The van der Waals surface area contributed by atoms with Crippen LogP contribution in [-0.2, 0) is 11.3 Å². The van der Waals surface area contributed by atoms with Crippen LogP contribution in [0.5, 0.6) is 0 Å². The summed E-state index contributed by atoms with van der Waals surface area (Å²) < 4.78 is 0. The molecule has 0 bridgehead atoms. The van der Waals surface area contributed by atoms with Crippen LogP contribution in [0, 0.1) is 0 Å². The normalized spacial score (nSPS) is 10.3. The van der Waals surface area contributed by atoms with Crippen molar-refractivity contribution in [2.45, 2.75) is 26.3 Å². The van der Waals surface area contributed by atoms with Gasteiger partial charge in [0.25, 0.3) is 0 Å². The molecule has 2 aromatic rings. The Morgan fingerprint density at radius 2 is 1.92 bits per heavy atom. The van der Waals surface area contributed by atoms with Gasteiger partial charge >= 0.3 is 12.0 Å². The van der Waals surface area contributed by atoms with Crippen LogP contribution in [0.1, 0.15) is 25.3 Å². The number of aromatic nitrogens is 1. The summed E-state index contributed by atoms with van der Waals surface area (Å²) in [5.41, 5.74) is 3.20. The van der Waals surface area contributed by atoms with Crippen LogP contribution >= 0.6 is 0 Å². The molecule has 25 heavy (non-hydrogen) atoms. The van der Waals surface area contributed by atoms with Gasteiger partial charge in [0.15, 0.2) is 0 Å². The molecule has 0 unspecified atom stereocenters. The second kappa shape index (κ2) is 9.42. The smallest absolute Gasteiger partial charge is 0.317 e. The van der Waals surface area contributed by atoms with Crippen molar-refractivity contribution in [3.63, 3.8) is 0 Å². The summed E-state index contributed by atoms with van der Waals surface area (Å²) in [5.74, 6) is -0.852. The molecule has 1 heterocycles. The van der Waals surface area contributed by atoms with Gasteiger partial charge in [-0.1, -0.05) is 18.2 Å². The number of carbonyl (C=O) groups is 2. The van der Waals surface area contributed by atoms with Gasteiger partial charge in [-0.3, -0.25) is 9.78 Å². The average Bonchev–Trinajstić information content (AvgIpc) is 2.64. The Bertz CT molecular complexity index is 704. The molecule has 0 aliphatic rings. The molecule has 132 valence electrons. The van der Waals surface area contributed by atoms with Crippen LogP contribution in [-0.4, -0.2) is 40.1 Å². The number of rotatable bonds is 8. The predicted octanol–water partition coefficient (Wildman–Crippen LogP) is 3.14. The van der Waals surface area contributed by atoms with E-state index in [-0.39, 0.29) is 12.5 Å². The number of pyridine rings is 1. The Labute approximate surface area is 147 Å². The molecule has 0 radical (unpaired) electrons. The van der Waals surface area contributed by atoms with Gasteiger partial charge in [0, 0.05) is 38.4 Å². The quantitative estimate of drug-likeness (QED) is 0.723. The van der Waals surface area contributed by atoms with Gasteiger partial charge < -0.3 is 15.3 Å². The van der Waals surface area contributed by atoms with Crippen molar-refractivity contribution < 1.29 is 14.7 Å². The number of hydrogen-bond acceptors (Lipinski definition) is 3. The number of hydrogen-bond donors (Lipinski definition) is 2. The summed E-state index contributed by atoms with van der Waals surface area (Å²) in [4.78, 5) is 28.5. The van der Waals surface area contributed by atoms with Crippen LogP contribution in [0.3, 0.4) is 0 Å². The third-order valence-corrected chi connectivity index (χ3v) is 3.83. The number of nitrogens with one attached hydrogen (secondary N) is 1. The molecule has 0 saturated carbocycles. The van der Waals surface area contributed by atoms with Crippen LogP contribution in [0.2, 0.25) is 0 Å². The Balaban J connectivity index is 1.96. The van der Waals surface area contributed by atoms with E-state index in [0.29, 0.717) is 26.1 Å². The highest BCUT2D eigenvalue weighted by molar-refractivity contribution is 5.74. The minimum Gasteiger partial charge on any atom is -0.481 e. The number of aliphatic carboxylic acids is 1. The van der Waals surface area contributed by atoms with Crippen LogP contribution in [0.15, 0.2) is 48.8 Å². The first kappa shape index (κ1) is 18.4. The molecule has 1 aromatic carbocycles. The molecule has 0 saturated heterocycles. The maximum absolute atomic E-state index is 12.2. The maximum Gasteiger partial charge on any atom is 0.317 e. The number of nitrogens with zero attached hydrogens (tertiary/aromatic N) is 2. The van der Waals surface area contributed by atoms with Crippen molar-refractivity contribution in [3.8, 4) is 11.1 Å². The minimum absolute atomic E-state index is 0.0559. The molecular weight excluding hydrogens is 318 g/mol. The van der Waals surface area contributed by atoms with Gasteiger partial charge in [0.2, 0.25) is 0 Å². The van der Waals surface area contributed by atoms with E-state index < -0.39 is 5.97 Å². The third kappa shape index (κ3) is 5.91. The van der Waals surface area contributed by atoms with Crippen molar-refractivity contribution in [3.05, 3.63) is 54.4 Å². The van der Waals surface area contributed by atoms with E-state index in [1.807, 2.05) is 37.3 Å². The summed E-state index contributed by atoms with van der Waals surface area (Å²) >= 11 is 0. The lowest BCUT2D eigenvalue weighted by atomic mass is 10.0. The summed E-state index contributed by atoms with van der Waals surface area (Å²) in [6.07, 6.45) is 3.99. The fourth-order valence-corrected chi connectivity index (χ4v) is 2.49. The number of carbonyl (C=O) groups excluding carboxylic acids is 1. The molecule has 0 aliphatic carbocycles. The zero-order valence-corrected chi connectivity index (χ0v) is 14.3. The predicted molar refractivity (Wildman–Crippen MR) is 96.0 cm³/mol. The molecule has 0 atom stereocenters. The van der Waals surface area contributed by atoms with Gasteiger partial charge in [-0.25, -0.2) is 4.79 Å². The standard InChI is InChI=1S/C19H23N3O3/c1-2-22(19(25)21-10-4-7-18(23)24)14-15-5-3-6-17(13-15)16-8-11-20-12-9-16/h3,5-6,8-9,11-13H,2,4,7,10,14H2,1H3,(H,21,25)(H,23,24). The van der Waals surface area contributed by atoms with E-state index in [1.165, 1.54) is 0 Å². The third-order valence-electron chi connectivity index (χ3n) is 3.83. The second-order valence-electron chi connectivity index (χ2n) is 5.68. The molecular formula is C19H23N3O3. The molecule has 6 heteroatoms. The largest absolute Gasteiger partial charge is 0.481 e. The Morgan fingerprint density at radius 3 is 2.60 bits per heavy atom. The van der Waals surface area contributed by atoms with Gasteiger partial charge in [-0.15, -0.1) is 0 Å². The highest BCUT2D eigenvalue weighted by Crippen LogP contribution is 2.20. The first-order chi connectivity index (χ1) is 12.1. The monoisotopic (exact) mass is 341 g/mol. The van der Waals surface area contributed by atoms with Gasteiger partial charge in [0.1, 0.15) is 0 Å². The maximum atomic E-state index is 12.2. The molecule has 1 aromatic heterocycles. The number of urea groups is 1. The Morgan fingerprint density at radius 1 is 1.16 bits per heavy atom. The average molecular weight is 341 g/mol. The Hall–Kier alpha value is -2.89. The molecule has 2 rings (SSSR count). The number of amides is 2. The molecule has 6 nitrogen and oxygen atoms in total. The summed E-state index contributed by atoms with van der Waals surface area (Å²) in [6, 6.07) is 11.8. The molecule has 2 amide bonds. The second-order valence-corrected chi connectivity index (χ2v) is 5.68.